The predicted octanol–water partition coefficient (Wildman–Crippen LogP) is 7.72. The van der Waals surface area contributed by atoms with Crippen molar-refractivity contribution in [3.05, 3.63) is 112 Å². The number of para-hydroxylation sites is 1. The fourth-order valence-electron chi connectivity index (χ4n) is 7.65. The van der Waals surface area contributed by atoms with Gasteiger partial charge >= 0.3 is 0 Å². The van der Waals surface area contributed by atoms with E-state index in [0.29, 0.717) is 17.3 Å². The minimum absolute atomic E-state index is 0.0259. The number of amides is 2. The second-order valence-corrected chi connectivity index (χ2v) is 16.4. The molecule has 4 aliphatic heterocycles. The SMILES string of the molecule is O=C1[C@@H](N2CCCc3cc(Cl)ccc32)CCN1c1ccc(S(=O)(=O)Cl)cc1.O=C1[C@@H](N2CCCc3cc(Cl)ccc32)CCN1c1ccccc1. The van der Waals surface area contributed by atoms with Gasteiger partial charge in [-0.25, -0.2) is 8.42 Å². The number of nitrogens with zero attached hydrogens (tertiary/aromatic N) is 4. The molecule has 0 unspecified atom stereocenters. The first-order valence-electron chi connectivity index (χ1n) is 16.9. The minimum Gasteiger partial charge on any atom is -0.359 e. The van der Waals surface area contributed by atoms with Gasteiger partial charge in [-0.2, -0.15) is 0 Å². The number of rotatable bonds is 5. The first-order valence-corrected chi connectivity index (χ1v) is 20.0. The molecule has 8 rings (SSSR count). The largest absolute Gasteiger partial charge is 0.359 e. The van der Waals surface area contributed by atoms with Crippen LogP contribution in [0.2, 0.25) is 10.0 Å². The molecule has 2 atom stereocenters. The first-order chi connectivity index (χ1) is 24.1. The maximum atomic E-state index is 13.1. The van der Waals surface area contributed by atoms with Crippen molar-refractivity contribution in [2.75, 3.05) is 45.8 Å². The van der Waals surface area contributed by atoms with Crippen molar-refractivity contribution in [2.45, 2.75) is 55.5 Å². The number of fused-ring (bicyclic) bond motifs is 2. The summed E-state index contributed by atoms with van der Waals surface area (Å²) in [6.45, 7) is 3.15. The summed E-state index contributed by atoms with van der Waals surface area (Å²) in [6.07, 6.45) is 5.65. The van der Waals surface area contributed by atoms with Crippen LogP contribution in [0.1, 0.15) is 36.8 Å². The Morgan fingerprint density at radius 2 is 1.04 bits per heavy atom. The number of halogens is 3. The van der Waals surface area contributed by atoms with Gasteiger partial charge in [-0.1, -0.05) is 41.4 Å². The lowest BCUT2D eigenvalue weighted by atomic mass is 9.99. The lowest BCUT2D eigenvalue weighted by Gasteiger charge is -2.35. The number of carbonyl (C=O) groups is 2. The molecule has 2 fully saturated rings. The minimum atomic E-state index is -3.77. The molecule has 0 radical (unpaired) electrons. The van der Waals surface area contributed by atoms with Gasteiger partial charge in [0.2, 0.25) is 11.8 Å². The van der Waals surface area contributed by atoms with Crippen molar-refractivity contribution in [3.8, 4) is 0 Å². The fraction of sp³-hybridized carbons (Fsp3) is 0.316. The average Bonchev–Trinajstić information content (AvgIpc) is 3.69. The summed E-state index contributed by atoms with van der Waals surface area (Å²) in [6, 6.07) is 27.6. The van der Waals surface area contributed by atoms with Crippen LogP contribution in [0.3, 0.4) is 0 Å². The quantitative estimate of drug-likeness (QED) is 0.194. The zero-order chi connectivity index (χ0) is 35.0. The van der Waals surface area contributed by atoms with E-state index in [1.165, 1.54) is 28.9 Å². The smallest absolute Gasteiger partial charge is 0.261 e. The summed E-state index contributed by atoms with van der Waals surface area (Å²) in [4.78, 5) is 34.1. The molecule has 50 heavy (non-hydrogen) atoms. The van der Waals surface area contributed by atoms with Gasteiger partial charge in [0.1, 0.15) is 12.1 Å². The molecule has 0 saturated carbocycles. The van der Waals surface area contributed by atoms with E-state index in [9.17, 15) is 18.0 Å². The van der Waals surface area contributed by atoms with Gasteiger partial charge in [0, 0.05) is 69.7 Å². The second-order valence-electron chi connectivity index (χ2n) is 13.0. The maximum Gasteiger partial charge on any atom is 0.261 e. The number of hydrogen-bond donors (Lipinski definition) is 0. The van der Waals surface area contributed by atoms with Crippen LogP contribution in [-0.2, 0) is 31.5 Å². The third-order valence-corrected chi connectivity index (χ3v) is 11.8. The van der Waals surface area contributed by atoms with E-state index in [2.05, 4.69) is 15.9 Å². The summed E-state index contributed by atoms with van der Waals surface area (Å²) < 4.78 is 22.8. The second kappa shape index (κ2) is 14.5. The van der Waals surface area contributed by atoms with Crippen LogP contribution in [0.4, 0.5) is 22.7 Å². The number of hydrogen-bond acceptors (Lipinski definition) is 6. The van der Waals surface area contributed by atoms with Crippen molar-refractivity contribution in [1.82, 2.24) is 0 Å². The van der Waals surface area contributed by atoms with Crippen LogP contribution in [-0.4, -0.2) is 58.5 Å². The molecular weight excluding hydrogens is 715 g/mol. The van der Waals surface area contributed by atoms with Crippen LogP contribution in [0.5, 0.6) is 0 Å². The fourth-order valence-corrected chi connectivity index (χ4v) is 8.81. The number of benzene rings is 4. The van der Waals surface area contributed by atoms with Gasteiger partial charge < -0.3 is 19.6 Å². The van der Waals surface area contributed by atoms with Crippen molar-refractivity contribution in [1.29, 1.82) is 0 Å². The van der Waals surface area contributed by atoms with E-state index in [-0.39, 0.29) is 28.8 Å². The summed E-state index contributed by atoms with van der Waals surface area (Å²) in [5.74, 6) is 0.235. The third-order valence-electron chi connectivity index (χ3n) is 10.00. The monoisotopic (exact) mass is 750 g/mol. The van der Waals surface area contributed by atoms with E-state index < -0.39 is 9.05 Å². The van der Waals surface area contributed by atoms with E-state index >= 15 is 0 Å². The normalized spacial score (nSPS) is 20.4. The molecular formula is C38H37Cl3N4O4S. The van der Waals surface area contributed by atoms with Gasteiger partial charge in [0.25, 0.3) is 9.05 Å². The maximum absolute atomic E-state index is 13.1. The van der Waals surface area contributed by atoms with Crippen molar-refractivity contribution >= 4 is 77.5 Å². The average molecular weight is 752 g/mol. The third kappa shape index (κ3) is 7.06. The molecule has 2 saturated heterocycles. The molecule has 0 aliphatic carbocycles. The van der Waals surface area contributed by atoms with Gasteiger partial charge in [-0.05, 0) is 122 Å². The lowest BCUT2D eigenvalue weighted by molar-refractivity contribution is -0.119. The van der Waals surface area contributed by atoms with Crippen LogP contribution in [0, 0.1) is 0 Å². The highest BCUT2D eigenvalue weighted by molar-refractivity contribution is 8.13. The summed E-state index contributed by atoms with van der Waals surface area (Å²) in [5, 5.41) is 1.48. The highest BCUT2D eigenvalue weighted by Gasteiger charge is 2.39. The molecule has 2 amide bonds. The Morgan fingerprint density at radius 3 is 1.50 bits per heavy atom. The van der Waals surface area contributed by atoms with Crippen molar-refractivity contribution in [3.63, 3.8) is 0 Å². The lowest BCUT2D eigenvalue weighted by Crippen LogP contribution is -2.44. The highest BCUT2D eigenvalue weighted by atomic mass is 35.7. The van der Waals surface area contributed by atoms with Gasteiger partial charge in [0.15, 0.2) is 0 Å². The van der Waals surface area contributed by atoms with E-state index in [1.807, 2.05) is 65.6 Å². The topological polar surface area (TPSA) is 81.2 Å². The summed E-state index contributed by atoms with van der Waals surface area (Å²) >= 11 is 12.2. The molecule has 260 valence electrons. The Morgan fingerprint density at radius 1 is 0.580 bits per heavy atom. The Bertz CT molecular complexity index is 2010. The van der Waals surface area contributed by atoms with Gasteiger partial charge in [-0.3, -0.25) is 9.59 Å². The molecule has 4 aliphatic rings. The van der Waals surface area contributed by atoms with Crippen LogP contribution in [0.25, 0.3) is 0 Å². The molecule has 0 N–H and O–H groups in total. The molecule has 0 aromatic heterocycles. The van der Waals surface area contributed by atoms with Crippen LogP contribution < -0.4 is 19.6 Å². The molecule has 12 heteroatoms. The summed E-state index contributed by atoms with van der Waals surface area (Å²) in [5.41, 5.74) is 6.36. The number of anilines is 4. The number of aryl methyl sites for hydroxylation is 2. The van der Waals surface area contributed by atoms with Crippen molar-refractivity contribution in [2.24, 2.45) is 0 Å². The molecule has 8 nitrogen and oxygen atoms in total. The zero-order valence-electron chi connectivity index (χ0n) is 27.4. The van der Waals surface area contributed by atoms with Gasteiger partial charge in [0.05, 0.1) is 4.90 Å². The van der Waals surface area contributed by atoms with Crippen molar-refractivity contribution < 1.29 is 18.0 Å². The zero-order valence-corrected chi connectivity index (χ0v) is 30.4. The number of carbonyl (C=O) groups excluding carboxylic acids is 2. The molecule has 4 aromatic rings. The van der Waals surface area contributed by atoms with Crippen LogP contribution >= 0.6 is 33.9 Å². The Kier molecular flexibility index (Phi) is 10.0. The summed E-state index contributed by atoms with van der Waals surface area (Å²) in [7, 11) is 1.59. The Labute approximate surface area is 307 Å². The first kappa shape index (κ1) is 34.7. The molecule has 0 bridgehead atoms. The standard InChI is InChI=1S/C19H18Cl2N2O3S.C19H19ClN2O/c20-14-3-8-17-13(12-14)2-1-10-23(17)18-9-11-22(19(18)24)15-4-6-16(7-5-15)27(21,25)26;20-15-8-9-17-14(13-15)5-4-11-22(17)18-10-12-21(19(18)23)16-6-2-1-3-7-16/h3-8,12,18H,1-2,9-11H2;1-3,6-9,13,18H,4-5,10-12H2/t2*18-/m00/s1. The van der Waals surface area contributed by atoms with E-state index in [1.54, 1.807) is 17.0 Å². The van der Waals surface area contributed by atoms with Gasteiger partial charge in [-0.15, -0.1) is 0 Å². The Hall–Kier alpha value is -3.76. The Balaban J connectivity index is 0.000000159. The molecule has 0 spiro atoms. The predicted molar refractivity (Wildman–Crippen MR) is 202 cm³/mol. The molecule has 4 heterocycles. The van der Waals surface area contributed by atoms with E-state index in [4.69, 9.17) is 33.9 Å². The van der Waals surface area contributed by atoms with Crippen LogP contribution in [0.15, 0.2) is 95.9 Å². The molecule has 4 aromatic carbocycles. The highest BCUT2D eigenvalue weighted by Crippen LogP contribution is 2.36. The van der Waals surface area contributed by atoms with E-state index in [0.717, 1.165) is 74.6 Å².